The van der Waals surface area contributed by atoms with Crippen LogP contribution in [-0.2, 0) is 6.42 Å². The van der Waals surface area contributed by atoms with E-state index in [-0.39, 0.29) is 0 Å². The predicted molar refractivity (Wildman–Crippen MR) is 84.1 cm³/mol. The highest BCUT2D eigenvalue weighted by Gasteiger charge is 2.25. The van der Waals surface area contributed by atoms with Gasteiger partial charge in [-0.2, -0.15) is 4.37 Å². The van der Waals surface area contributed by atoms with Gasteiger partial charge in [0, 0.05) is 17.7 Å². The van der Waals surface area contributed by atoms with Crippen LogP contribution in [0.5, 0.6) is 0 Å². The summed E-state index contributed by atoms with van der Waals surface area (Å²) in [5.41, 5.74) is 0. The van der Waals surface area contributed by atoms with E-state index in [2.05, 4.69) is 28.5 Å². The summed E-state index contributed by atoms with van der Waals surface area (Å²) < 4.78 is 5.56. The maximum absolute atomic E-state index is 4.61. The monoisotopic (exact) mass is 299 g/mol. The van der Waals surface area contributed by atoms with Gasteiger partial charge in [0.1, 0.15) is 5.82 Å². The first-order valence-corrected chi connectivity index (χ1v) is 9.21. The Morgan fingerprint density at radius 2 is 2.11 bits per heavy atom. The molecule has 2 rings (SSSR count). The van der Waals surface area contributed by atoms with Crippen molar-refractivity contribution in [1.29, 1.82) is 0 Å². The third-order valence-corrected chi connectivity index (χ3v) is 5.85. The average Bonchev–Trinajstić information content (AvgIpc) is 2.77. The molecule has 1 heterocycles. The van der Waals surface area contributed by atoms with Crippen LogP contribution in [0.1, 0.15) is 58.2 Å². The molecule has 1 aromatic heterocycles. The second-order valence-electron chi connectivity index (χ2n) is 5.18. The quantitative estimate of drug-likeness (QED) is 0.809. The molecule has 1 aromatic rings. The summed E-state index contributed by atoms with van der Waals surface area (Å²) in [5, 5.41) is 4.41. The number of nitrogens with one attached hydrogen (secondary N) is 1. The molecule has 1 fully saturated rings. The predicted octanol–water partition coefficient (Wildman–Crippen LogP) is 3.89. The second kappa shape index (κ2) is 8.22. The van der Waals surface area contributed by atoms with E-state index in [1.165, 1.54) is 38.5 Å². The SMILES string of the molecule is CCCNC1CCCCCC1Sc1nc(CC)ns1. The molecule has 0 aromatic carbocycles. The van der Waals surface area contributed by atoms with Gasteiger partial charge in [0.25, 0.3) is 0 Å². The summed E-state index contributed by atoms with van der Waals surface area (Å²) in [5.74, 6) is 0.999. The third-order valence-electron chi connectivity index (χ3n) is 3.63. The molecule has 0 aliphatic heterocycles. The van der Waals surface area contributed by atoms with E-state index < -0.39 is 0 Å². The maximum Gasteiger partial charge on any atom is 0.170 e. The Bertz CT molecular complexity index is 367. The zero-order chi connectivity index (χ0) is 13.5. The van der Waals surface area contributed by atoms with Crippen LogP contribution in [-0.4, -0.2) is 27.2 Å². The Morgan fingerprint density at radius 3 is 2.84 bits per heavy atom. The van der Waals surface area contributed by atoms with Crippen LogP contribution < -0.4 is 5.32 Å². The van der Waals surface area contributed by atoms with E-state index >= 15 is 0 Å². The van der Waals surface area contributed by atoms with Crippen molar-refractivity contribution < 1.29 is 0 Å². The van der Waals surface area contributed by atoms with Crippen molar-refractivity contribution in [3.05, 3.63) is 5.82 Å². The van der Waals surface area contributed by atoms with Crippen molar-refractivity contribution in [2.45, 2.75) is 74.4 Å². The minimum atomic E-state index is 0.654. The molecule has 0 bridgehead atoms. The highest BCUT2D eigenvalue weighted by Crippen LogP contribution is 2.34. The standard InChI is InChI=1S/C14H25N3S2/c1-3-10-15-11-8-6-5-7-9-12(11)18-14-16-13(4-2)17-19-14/h11-12,15H,3-10H2,1-2H3. The van der Waals surface area contributed by atoms with Gasteiger partial charge in [-0.15, -0.1) is 0 Å². The summed E-state index contributed by atoms with van der Waals surface area (Å²) in [6, 6.07) is 0.654. The number of hydrogen-bond donors (Lipinski definition) is 1. The Morgan fingerprint density at radius 1 is 1.26 bits per heavy atom. The lowest BCUT2D eigenvalue weighted by atomic mass is 10.1. The molecule has 0 amide bonds. The Balaban J connectivity index is 1.96. The van der Waals surface area contributed by atoms with Gasteiger partial charge < -0.3 is 5.32 Å². The Kier molecular flexibility index (Phi) is 6.61. The highest BCUT2D eigenvalue weighted by atomic mass is 32.2. The molecule has 1 aliphatic carbocycles. The van der Waals surface area contributed by atoms with Gasteiger partial charge in [0.15, 0.2) is 4.34 Å². The van der Waals surface area contributed by atoms with E-state index in [1.54, 1.807) is 11.5 Å². The fourth-order valence-corrected chi connectivity index (χ4v) is 4.79. The van der Waals surface area contributed by atoms with Crippen LogP contribution in [0.25, 0.3) is 0 Å². The molecule has 0 radical (unpaired) electrons. The first-order valence-electron chi connectivity index (χ1n) is 7.56. The van der Waals surface area contributed by atoms with Gasteiger partial charge in [-0.3, -0.25) is 0 Å². The summed E-state index contributed by atoms with van der Waals surface area (Å²) in [7, 11) is 0. The molecule has 1 saturated carbocycles. The smallest absolute Gasteiger partial charge is 0.170 e. The molecule has 2 unspecified atom stereocenters. The van der Waals surface area contributed by atoms with Gasteiger partial charge >= 0.3 is 0 Å². The van der Waals surface area contributed by atoms with E-state index in [9.17, 15) is 0 Å². The topological polar surface area (TPSA) is 37.8 Å². The van der Waals surface area contributed by atoms with E-state index in [0.29, 0.717) is 11.3 Å². The van der Waals surface area contributed by atoms with Crippen LogP contribution in [0.4, 0.5) is 0 Å². The van der Waals surface area contributed by atoms with Crippen molar-refractivity contribution in [1.82, 2.24) is 14.7 Å². The van der Waals surface area contributed by atoms with Crippen molar-refractivity contribution in [2.24, 2.45) is 0 Å². The molecular formula is C14H25N3S2. The van der Waals surface area contributed by atoms with Crippen molar-refractivity contribution in [3.8, 4) is 0 Å². The minimum Gasteiger partial charge on any atom is -0.313 e. The third kappa shape index (κ3) is 4.72. The largest absolute Gasteiger partial charge is 0.313 e. The normalized spacial score (nSPS) is 24.3. The molecule has 1 aliphatic rings. The minimum absolute atomic E-state index is 0.654. The molecule has 3 nitrogen and oxygen atoms in total. The van der Waals surface area contributed by atoms with Gasteiger partial charge in [-0.1, -0.05) is 44.9 Å². The zero-order valence-electron chi connectivity index (χ0n) is 12.0. The first-order chi connectivity index (χ1) is 9.33. The Hall–Kier alpha value is -0.130. The van der Waals surface area contributed by atoms with Crippen LogP contribution >= 0.6 is 23.3 Å². The number of hydrogen-bond acceptors (Lipinski definition) is 5. The molecular weight excluding hydrogens is 274 g/mol. The Labute approximate surface area is 125 Å². The van der Waals surface area contributed by atoms with E-state index in [0.717, 1.165) is 23.1 Å². The lowest BCUT2D eigenvalue weighted by Gasteiger charge is -2.24. The van der Waals surface area contributed by atoms with Crippen LogP contribution in [0.15, 0.2) is 4.34 Å². The number of thioether (sulfide) groups is 1. The maximum atomic E-state index is 4.61. The van der Waals surface area contributed by atoms with Crippen molar-refractivity contribution in [3.63, 3.8) is 0 Å². The molecule has 2 atom stereocenters. The highest BCUT2D eigenvalue weighted by molar-refractivity contribution is 8.01. The fourth-order valence-electron chi connectivity index (χ4n) is 2.54. The summed E-state index contributed by atoms with van der Waals surface area (Å²) in [4.78, 5) is 4.61. The number of aromatic nitrogens is 2. The van der Waals surface area contributed by atoms with Gasteiger partial charge in [-0.05, 0) is 37.3 Å². The summed E-state index contributed by atoms with van der Waals surface area (Å²) in [6.07, 6.45) is 8.91. The summed E-state index contributed by atoms with van der Waals surface area (Å²) in [6.45, 7) is 5.50. The molecule has 19 heavy (non-hydrogen) atoms. The molecule has 108 valence electrons. The molecule has 1 N–H and O–H groups in total. The second-order valence-corrected chi connectivity index (χ2v) is 7.42. The molecule has 0 spiro atoms. The number of rotatable bonds is 6. The number of aryl methyl sites for hydroxylation is 1. The fraction of sp³-hybridized carbons (Fsp3) is 0.857. The molecule has 0 saturated heterocycles. The van der Waals surface area contributed by atoms with E-state index in [1.807, 2.05) is 11.8 Å². The van der Waals surface area contributed by atoms with E-state index in [4.69, 9.17) is 0 Å². The van der Waals surface area contributed by atoms with Crippen LogP contribution in [0.3, 0.4) is 0 Å². The summed E-state index contributed by atoms with van der Waals surface area (Å²) >= 11 is 3.53. The molecule has 5 heteroatoms. The van der Waals surface area contributed by atoms with Crippen molar-refractivity contribution >= 4 is 23.3 Å². The van der Waals surface area contributed by atoms with Gasteiger partial charge in [0.2, 0.25) is 0 Å². The first kappa shape index (κ1) is 15.3. The van der Waals surface area contributed by atoms with Crippen LogP contribution in [0, 0.1) is 0 Å². The lowest BCUT2D eigenvalue weighted by molar-refractivity contribution is 0.470. The van der Waals surface area contributed by atoms with Crippen LogP contribution in [0.2, 0.25) is 0 Å². The average molecular weight is 300 g/mol. The van der Waals surface area contributed by atoms with Gasteiger partial charge in [-0.25, -0.2) is 4.98 Å². The zero-order valence-corrected chi connectivity index (χ0v) is 13.7. The number of nitrogens with zero attached hydrogens (tertiary/aromatic N) is 2. The van der Waals surface area contributed by atoms with Gasteiger partial charge in [0.05, 0.1) is 0 Å². The van der Waals surface area contributed by atoms with Crippen molar-refractivity contribution in [2.75, 3.05) is 6.54 Å². The lowest BCUT2D eigenvalue weighted by Crippen LogP contribution is -2.37.